The smallest absolute Gasteiger partial charge is 0.116 e. The van der Waals surface area contributed by atoms with Crippen LogP contribution >= 0.6 is 11.3 Å². The number of piperazine rings is 1. The van der Waals surface area contributed by atoms with Gasteiger partial charge in [-0.2, -0.15) is 11.3 Å². The summed E-state index contributed by atoms with van der Waals surface area (Å²) in [5, 5.41) is 4.35. The van der Waals surface area contributed by atoms with E-state index in [0.717, 1.165) is 45.6 Å². The fourth-order valence-corrected chi connectivity index (χ4v) is 3.41. The second-order valence-electron chi connectivity index (χ2n) is 5.10. The van der Waals surface area contributed by atoms with Crippen LogP contribution in [-0.4, -0.2) is 48.2 Å². The lowest BCUT2D eigenvalue weighted by Crippen LogP contribution is -2.56. The predicted molar refractivity (Wildman–Crippen MR) is 69.1 cm³/mol. The van der Waals surface area contributed by atoms with E-state index in [-0.39, 0.29) is 6.04 Å². The van der Waals surface area contributed by atoms with E-state index in [4.69, 9.17) is 0 Å². The Morgan fingerprint density at radius 2 is 2.06 bits per heavy atom. The number of hydrogen-bond acceptors (Lipinski definition) is 3. The molecule has 2 atom stereocenters. The van der Waals surface area contributed by atoms with Gasteiger partial charge in [-0.25, -0.2) is 4.39 Å². The second-order valence-corrected chi connectivity index (χ2v) is 5.88. The van der Waals surface area contributed by atoms with Gasteiger partial charge in [-0.05, 0) is 35.2 Å². The molecule has 0 spiro atoms. The largest absolute Gasteiger partial charge is 0.297 e. The van der Waals surface area contributed by atoms with Gasteiger partial charge in [0.1, 0.15) is 6.17 Å². The van der Waals surface area contributed by atoms with E-state index < -0.39 is 6.17 Å². The summed E-state index contributed by atoms with van der Waals surface area (Å²) in [4.78, 5) is 4.82. The van der Waals surface area contributed by atoms with E-state index in [1.807, 2.05) is 0 Å². The molecule has 1 saturated heterocycles. The minimum atomic E-state index is -0.557. The van der Waals surface area contributed by atoms with Gasteiger partial charge >= 0.3 is 0 Å². The lowest BCUT2D eigenvalue weighted by molar-refractivity contribution is 0.00220. The number of alkyl halides is 1. The lowest BCUT2D eigenvalue weighted by Gasteiger charge is -2.44. The minimum absolute atomic E-state index is 0.235. The van der Waals surface area contributed by atoms with Crippen LogP contribution in [0.3, 0.4) is 0 Å². The fraction of sp³-hybridized carbons (Fsp3) is 0.692. The molecule has 4 heteroatoms. The first-order valence-electron chi connectivity index (χ1n) is 6.44. The van der Waals surface area contributed by atoms with Crippen LogP contribution < -0.4 is 0 Å². The molecule has 1 saturated carbocycles. The SMILES string of the molecule is FC1CCC1N1CCN(Cc2ccsc2)CC1. The topological polar surface area (TPSA) is 6.48 Å². The first kappa shape index (κ1) is 11.6. The van der Waals surface area contributed by atoms with Crippen molar-refractivity contribution in [1.29, 1.82) is 0 Å². The molecule has 2 heterocycles. The van der Waals surface area contributed by atoms with Crippen LogP contribution in [-0.2, 0) is 6.54 Å². The van der Waals surface area contributed by atoms with Gasteiger partial charge in [-0.3, -0.25) is 9.80 Å². The van der Waals surface area contributed by atoms with E-state index in [1.165, 1.54) is 5.56 Å². The zero-order valence-corrected chi connectivity index (χ0v) is 10.8. The summed E-state index contributed by atoms with van der Waals surface area (Å²) in [6.45, 7) is 5.30. The van der Waals surface area contributed by atoms with Gasteiger partial charge in [0.25, 0.3) is 0 Å². The lowest BCUT2D eigenvalue weighted by atomic mass is 9.88. The van der Waals surface area contributed by atoms with Crippen LogP contribution in [0.4, 0.5) is 4.39 Å². The molecule has 3 rings (SSSR count). The molecule has 0 bridgehead atoms. The highest BCUT2D eigenvalue weighted by Gasteiger charge is 2.36. The van der Waals surface area contributed by atoms with Crippen molar-refractivity contribution >= 4 is 11.3 Å². The molecule has 1 aliphatic carbocycles. The number of hydrogen-bond donors (Lipinski definition) is 0. The maximum absolute atomic E-state index is 13.3. The Hall–Kier alpha value is -0.450. The molecular formula is C13H19FN2S. The van der Waals surface area contributed by atoms with E-state index in [0.29, 0.717) is 0 Å². The van der Waals surface area contributed by atoms with Gasteiger partial charge in [0.05, 0.1) is 0 Å². The van der Waals surface area contributed by atoms with Gasteiger partial charge in [-0.1, -0.05) is 0 Å². The Labute approximate surface area is 106 Å². The van der Waals surface area contributed by atoms with Crippen molar-refractivity contribution in [3.8, 4) is 0 Å². The van der Waals surface area contributed by atoms with Crippen LogP contribution in [0.15, 0.2) is 16.8 Å². The monoisotopic (exact) mass is 254 g/mol. The van der Waals surface area contributed by atoms with Crippen molar-refractivity contribution in [3.63, 3.8) is 0 Å². The highest BCUT2D eigenvalue weighted by atomic mass is 32.1. The average Bonchev–Trinajstić information content (AvgIpc) is 2.82. The highest BCUT2D eigenvalue weighted by molar-refractivity contribution is 7.07. The predicted octanol–water partition coefficient (Wildman–Crippen LogP) is 2.37. The van der Waals surface area contributed by atoms with Crippen LogP contribution in [0, 0.1) is 0 Å². The number of thiophene rings is 1. The van der Waals surface area contributed by atoms with Gasteiger partial charge in [0.2, 0.25) is 0 Å². The molecule has 94 valence electrons. The summed E-state index contributed by atoms with van der Waals surface area (Å²) in [7, 11) is 0. The van der Waals surface area contributed by atoms with E-state index in [9.17, 15) is 4.39 Å². The quantitative estimate of drug-likeness (QED) is 0.817. The molecule has 17 heavy (non-hydrogen) atoms. The zero-order valence-electron chi connectivity index (χ0n) is 10.0. The standard InChI is InChI=1S/C13H19FN2S/c14-12-1-2-13(12)16-6-4-15(5-7-16)9-11-3-8-17-10-11/h3,8,10,12-13H,1-2,4-7,9H2. The number of halogens is 1. The third kappa shape index (κ3) is 2.54. The summed E-state index contributed by atoms with van der Waals surface area (Å²) in [5.41, 5.74) is 1.41. The maximum atomic E-state index is 13.3. The molecule has 1 aromatic heterocycles. The molecule has 1 aliphatic heterocycles. The first-order valence-corrected chi connectivity index (χ1v) is 7.39. The van der Waals surface area contributed by atoms with Crippen LogP contribution in [0.1, 0.15) is 18.4 Å². The average molecular weight is 254 g/mol. The van der Waals surface area contributed by atoms with Crippen molar-refractivity contribution in [1.82, 2.24) is 9.80 Å². The molecule has 2 nitrogen and oxygen atoms in total. The molecule has 0 aromatic carbocycles. The molecule has 2 fully saturated rings. The Balaban J connectivity index is 1.47. The van der Waals surface area contributed by atoms with Crippen molar-refractivity contribution < 1.29 is 4.39 Å². The Morgan fingerprint density at radius 3 is 2.59 bits per heavy atom. The first-order chi connectivity index (χ1) is 8.33. The van der Waals surface area contributed by atoms with Crippen LogP contribution in [0.2, 0.25) is 0 Å². The van der Waals surface area contributed by atoms with Crippen LogP contribution in [0.5, 0.6) is 0 Å². The summed E-state index contributed by atoms with van der Waals surface area (Å²) in [6, 6.07) is 2.43. The van der Waals surface area contributed by atoms with Gasteiger partial charge in [0.15, 0.2) is 0 Å². The van der Waals surface area contributed by atoms with Gasteiger partial charge in [0, 0.05) is 38.8 Å². The fourth-order valence-electron chi connectivity index (χ4n) is 2.75. The molecule has 1 aromatic rings. The van der Waals surface area contributed by atoms with Gasteiger partial charge in [-0.15, -0.1) is 0 Å². The summed E-state index contributed by atoms with van der Waals surface area (Å²) in [5.74, 6) is 0. The van der Waals surface area contributed by atoms with E-state index in [1.54, 1.807) is 11.3 Å². The highest BCUT2D eigenvalue weighted by Crippen LogP contribution is 2.29. The minimum Gasteiger partial charge on any atom is -0.297 e. The molecule has 2 unspecified atom stereocenters. The summed E-state index contributed by atoms with van der Waals surface area (Å²) < 4.78 is 13.3. The van der Waals surface area contributed by atoms with Crippen molar-refractivity contribution in [2.75, 3.05) is 26.2 Å². The van der Waals surface area contributed by atoms with Crippen molar-refractivity contribution in [2.45, 2.75) is 31.6 Å². The second kappa shape index (κ2) is 5.04. The maximum Gasteiger partial charge on any atom is 0.116 e. The number of nitrogens with zero attached hydrogens (tertiary/aromatic N) is 2. The third-order valence-electron chi connectivity index (χ3n) is 4.02. The van der Waals surface area contributed by atoms with Gasteiger partial charge < -0.3 is 0 Å². The zero-order chi connectivity index (χ0) is 11.7. The normalized spacial score (nSPS) is 31.4. The van der Waals surface area contributed by atoms with E-state index >= 15 is 0 Å². The van der Waals surface area contributed by atoms with E-state index in [2.05, 4.69) is 26.6 Å². The molecule has 0 N–H and O–H groups in total. The Bertz CT molecular complexity index is 346. The molecule has 0 radical (unpaired) electrons. The number of rotatable bonds is 3. The molecule has 2 aliphatic rings. The van der Waals surface area contributed by atoms with Crippen molar-refractivity contribution in [2.24, 2.45) is 0 Å². The van der Waals surface area contributed by atoms with Crippen molar-refractivity contribution in [3.05, 3.63) is 22.4 Å². The summed E-state index contributed by atoms with van der Waals surface area (Å²) in [6.07, 6.45) is 1.28. The summed E-state index contributed by atoms with van der Waals surface area (Å²) >= 11 is 1.76. The Morgan fingerprint density at radius 1 is 1.24 bits per heavy atom. The third-order valence-corrected chi connectivity index (χ3v) is 4.75. The Kier molecular flexibility index (Phi) is 3.45. The van der Waals surface area contributed by atoms with Crippen LogP contribution in [0.25, 0.3) is 0 Å². The molecular weight excluding hydrogens is 235 g/mol. The molecule has 0 amide bonds.